The van der Waals surface area contributed by atoms with E-state index in [1.807, 2.05) is 0 Å². The molecule has 6 heteroatoms. The molecule has 6 rings (SSSR count). The molecule has 0 saturated heterocycles. The summed E-state index contributed by atoms with van der Waals surface area (Å²) in [6.07, 6.45) is 0. The Balaban J connectivity index is 1.26. The number of rotatable bonds is 5. The Morgan fingerprint density at radius 2 is 0.567 bits per heavy atom. The van der Waals surface area contributed by atoms with E-state index in [2.05, 4.69) is 82.7 Å². The van der Waals surface area contributed by atoms with Crippen molar-refractivity contribution in [3.8, 4) is 44.4 Å². The van der Waals surface area contributed by atoms with Gasteiger partial charge in [0.25, 0.3) is 0 Å². The van der Waals surface area contributed by atoms with Gasteiger partial charge in [0.05, 0.1) is 0 Å². The van der Waals surface area contributed by atoms with Crippen LogP contribution in [0.3, 0.4) is 0 Å². The van der Waals surface area contributed by atoms with Crippen LogP contribution >= 0.6 is 0 Å². The molecule has 0 bridgehead atoms. The van der Waals surface area contributed by atoms with Gasteiger partial charge >= 0.3 is 214 Å². The summed E-state index contributed by atoms with van der Waals surface area (Å²) in [5, 5.41) is 0. The van der Waals surface area contributed by atoms with E-state index < -0.39 is 0 Å². The van der Waals surface area contributed by atoms with Crippen molar-refractivity contribution in [1.29, 1.82) is 0 Å². The zero-order valence-electron chi connectivity index (χ0n) is 15.5. The first-order chi connectivity index (χ1) is 14.8. The Morgan fingerprint density at radius 1 is 0.300 bits per heavy atom. The minimum atomic E-state index is 0.475. The zero-order valence-corrected chi connectivity index (χ0v) is 25.8. The summed E-state index contributed by atoms with van der Waals surface area (Å²) in [6.45, 7) is 0. The molecule has 0 aromatic carbocycles. The van der Waals surface area contributed by atoms with E-state index in [1.165, 1.54) is 0 Å². The predicted molar refractivity (Wildman–Crippen MR) is 135 cm³/mol. The van der Waals surface area contributed by atoms with Gasteiger partial charge in [0.2, 0.25) is 0 Å². The van der Waals surface area contributed by atoms with Crippen LogP contribution in [0.1, 0.15) is 0 Å². The second kappa shape index (κ2) is 9.09. The fraction of sp³-hybridized carbons (Fsp3) is 0. The molecule has 0 N–H and O–H groups in total. The van der Waals surface area contributed by atoms with Gasteiger partial charge in [-0.1, -0.05) is 0 Å². The third kappa shape index (κ3) is 4.16. The Hall–Kier alpha value is -0.00312. The second-order valence-electron chi connectivity index (χ2n) is 6.61. The van der Waals surface area contributed by atoms with Crippen molar-refractivity contribution in [3.63, 3.8) is 0 Å². The first-order valence-electron chi connectivity index (χ1n) is 9.32. The van der Waals surface area contributed by atoms with Crippen LogP contribution in [0.25, 0.3) is 44.4 Å². The molecule has 0 fully saturated rings. The molecule has 0 spiro atoms. The van der Waals surface area contributed by atoms with Gasteiger partial charge in [-0.2, -0.15) is 0 Å². The van der Waals surface area contributed by atoms with Crippen LogP contribution in [0.4, 0.5) is 0 Å². The van der Waals surface area contributed by atoms with Crippen molar-refractivity contribution < 1.29 is 0 Å². The molecule has 0 aliphatic carbocycles. The summed E-state index contributed by atoms with van der Waals surface area (Å²) < 4.78 is 16.1. The maximum atomic E-state index is 2.42. The van der Waals surface area contributed by atoms with Gasteiger partial charge in [0.15, 0.2) is 0 Å². The second-order valence-corrected chi connectivity index (χ2v) is 19.7. The summed E-state index contributed by atoms with van der Waals surface area (Å²) in [4.78, 5) is 4.66. The number of hydrogen-bond donors (Lipinski definition) is 0. The zero-order chi connectivity index (χ0) is 19.9. The Kier molecular flexibility index (Phi) is 6.24. The summed E-state index contributed by atoms with van der Waals surface area (Å²) in [7, 11) is 0. The average molecular weight is 776 g/mol. The fourth-order valence-electron chi connectivity index (χ4n) is 3.25. The van der Waals surface area contributed by atoms with Crippen molar-refractivity contribution >= 4 is 87.0 Å². The minimum absolute atomic E-state index is 0.475. The van der Waals surface area contributed by atoms with Crippen molar-refractivity contribution in [2.24, 2.45) is 0 Å². The van der Waals surface area contributed by atoms with E-state index in [9.17, 15) is 0 Å². The van der Waals surface area contributed by atoms with Gasteiger partial charge in [-0.05, 0) is 0 Å². The van der Waals surface area contributed by atoms with Crippen LogP contribution in [0.15, 0.2) is 82.7 Å². The van der Waals surface area contributed by atoms with Crippen LogP contribution in [-0.4, -0.2) is 87.0 Å². The van der Waals surface area contributed by atoms with Crippen LogP contribution in [0.5, 0.6) is 0 Å². The van der Waals surface area contributed by atoms with Crippen LogP contribution < -0.4 is 0 Å². The van der Waals surface area contributed by atoms with Crippen molar-refractivity contribution in [3.05, 3.63) is 82.7 Å². The fourth-order valence-corrected chi connectivity index (χ4v) is 17.7. The van der Waals surface area contributed by atoms with E-state index in [0.717, 1.165) is 0 Å². The normalized spacial score (nSPS) is 11.3. The van der Waals surface area contributed by atoms with Gasteiger partial charge < -0.3 is 0 Å². The summed E-state index contributed by atoms with van der Waals surface area (Å²) in [5.74, 6) is 0. The molecule has 6 aromatic rings. The van der Waals surface area contributed by atoms with Crippen molar-refractivity contribution in [2.75, 3.05) is 0 Å². The molecule has 6 heterocycles. The molecule has 146 valence electrons. The quantitative estimate of drug-likeness (QED) is 0.229. The SMILES string of the molecule is c1c[se]c(-c2ccc(-c3ccc(-c4ccc(-c5ccc(-c6ccc[se]6)[se]5)[se]4)[se]3)[se]2)c1. The van der Waals surface area contributed by atoms with E-state index in [0.29, 0.717) is 87.0 Å². The van der Waals surface area contributed by atoms with E-state index in [4.69, 9.17) is 0 Å². The third-order valence-electron chi connectivity index (χ3n) is 4.68. The van der Waals surface area contributed by atoms with Gasteiger partial charge in [0.1, 0.15) is 0 Å². The molecule has 0 radical (unpaired) electrons. The van der Waals surface area contributed by atoms with Crippen molar-refractivity contribution in [2.45, 2.75) is 0 Å². The number of hydrogen-bond acceptors (Lipinski definition) is 0. The molecule has 0 saturated carbocycles. The Morgan fingerprint density at radius 3 is 0.800 bits per heavy atom. The Labute approximate surface area is 211 Å². The van der Waals surface area contributed by atoms with Crippen LogP contribution in [-0.2, 0) is 0 Å². The monoisotopic (exact) mass is 782 g/mol. The van der Waals surface area contributed by atoms with E-state index in [1.54, 1.807) is 44.4 Å². The summed E-state index contributed by atoms with van der Waals surface area (Å²) in [6, 6.07) is 28.4. The molecule has 0 amide bonds. The molecule has 0 aliphatic rings. The molecule has 6 aromatic heterocycles. The van der Waals surface area contributed by atoms with Gasteiger partial charge in [-0.15, -0.1) is 0 Å². The van der Waals surface area contributed by atoms with E-state index in [-0.39, 0.29) is 0 Å². The van der Waals surface area contributed by atoms with Gasteiger partial charge in [-0.3, -0.25) is 0 Å². The van der Waals surface area contributed by atoms with Crippen LogP contribution in [0.2, 0.25) is 0 Å². The predicted octanol–water partition coefficient (Wildman–Crippen LogP) is 4.36. The van der Waals surface area contributed by atoms with Gasteiger partial charge in [-0.25, -0.2) is 0 Å². The van der Waals surface area contributed by atoms with Crippen molar-refractivity contribution in [1.82, 2.24) is 0 Å². The molecule has 30 heavy (non-hydrogen) atoms. The molecule has 0 atom stereocenters. The first-order valence-corrected chi connectivity index (χ1v) is 19.9. The molecular weight excluding hydrogens is 762 g/mol. The first kappa shape index (κ1) is 20.6. The summed E-state index contributed by atoms with van der Waals surface area (Å²) in [5.41, 5.74) is 0. The molecule has 0 nitrogen and oxygen atoms in total. The molecule has 0 aliphatic heterocycles. The topological polar surface area (TPSA) is 0 Å². The maximum absolute atomic E-state index is 2.42. The average Bonchev–Trinajstić information content (AvgIpc) is 3.62. The third-order valence-corrected chi connectivity index (χ3v) is 21.4. The standard InChI is InChI=1S/C24H14Se6/c1-3-15(25-13-1)17-5-7-19(27-17)21-9-11-23(29-21)24-12-10-22(30-24)20-8-6-18(28-20)16-4-2-14-26-16/h1-14H. The summed E-state index contributed by atoms with van der Waals surface area (Å²) >= 11 is 3.07. The molecular formula is C24H14Se6. The van der Waals surface area contributed by atoms with Crippen LogP contribution in [0, 0.1) is 0 Å². The Bertz CT molecular complexity index is 1280. The molecule has 0 unspecified atom stereocenters. The van der Waals surface area contributed by atoms with Gasteiger partial charge in [0, 0.05) is 0 Å². The van der Waals surface area contributed by atoms with E-state index >= 15 is 0 Å².